The summed E-state index contributed by atoms with van der Waals surface area (Å²) >= 11 is 8.24. The molecule has 0 radical (unpaired) electrons. The number of rotatable bonds is 8. The Morgan fingerprint density at radius 2 is 1.78 bits per heavy atom. The van der Waals surface area contributed by atoms with E-state index in [0.29, 0.717) is 34.2 Å². The fraction of sp³-hybridized carbons (Fsp3) is 0.333. The molecule has 1 fully saturated rings. The average molecular weight is 711 g/mol. The number of hydrogen-bond acceptors (Lipinski definition) is 7. The molecule has 5 rings (SSSR count). The van der Waals surface area contributed by atoms with E-state index in [0.717, 1.165) is 33.9 Å². The van der Waals surface area contributed by atoms with E-state index in [1.165, 1.54) is 28.4 Å². The van der Waals surface area contributed by atoms with Gasteiger partial charge in [0.05, 0.1) is 9.75 Å². The van der Waals surface area contributed by atoms with Crippen LogP contribution in [0.3, 0.4) is 0 Å². The summed E-state index contributed by atoms with van der Waals surface area (Å²) in [6.07, 6.45) is 2.65. The van der Waals surface area contributed by atoms with E-state index in [2.05, 4.69) is 15.6 Å². The van der Waals surface area contributed by atoms with Gasteiger partial charge in [0, 0.05) is 28.0 Å². The third-order valence-electron chi connectivity index (χ3n) is 7.54. The third-order valence-corrected chi connectivity index (χ3v) is 10.9. The Hall–Kier alpha value is -3.26. The van der Waals surface area contributed by atoms with Gasteiger partial charge in [-0.2, -0.15) is 8.78 Å². The van der Waals surface area contributed by atoms with Crippen LogP contribution in [-0.4, -0.2) is 56.0 Å². The number of amides is 3. The van der Waals surface area contributed by atoms with Gasteiger partial charge in [-0.1, -0.05) is 61.9 Å². The molecular weight excluding hydrogens is 681 g/mol. The molecule has 244 valence electrons. The minimum atomic E-state index is -5.77. The number of fused-ring (bicyclic) bond motifs is 1. The zero-order valence-corrected chi connectivity index (χ0v) is 28.1. The monoisotopic (exact) mass is 710 g/mol. The van der Waals surface area contributed by atoms with Crippen molar-refractivity contribution in [1.29, 1.82) is 0 Å². The molecule has 1 aliphatic rings. The minimum absolute atomic E-state index is 0.115. The minimum Gasteiger partial charge on any atom is -0.339 e. The van der Waals surface area contributed by atoms with Crippen molar-refractivity contribution in [2.45, 2.75) is 51.4 Å². The summed E-state index contributed by atoms with van der Waals surface area (Å²) in [5, 5.41) is 6.75. The van der Waals surface area contributed by atoms with Crippen LogP contribution in [0.4, 0.5) is 13.9 Å². The first-order chi connectivity index (χ1) is 21.5. The first kappa shape index (κ1) is 34.1. The number of anilines is 1. The summed E-state index contributed by atoms with van der Waals surface area (Å²) in [5.41, 5.74) is -5.15. The highest BCUT2D eigenvalue weighted by Gasteiger charge is 2.50. The predicted octanol–water partition coefficient (Wildman–Crippen LogP) is 6.68. The van der Waals surface area contributed by atoms with Crippen molar-refractivity contribution in [3.05, 3.63) is 70.2 Å². The third kappa shape index (κ3) is 7.02. The number of carbonyl (C=O) groups excluding carboxylic acids is 3. The molecule has 0 unspecified atom stereocenters. The first-order valence-corrected chi connectivity index (χ1v) is 17.7. The summed E-state index contributed by atoms with van der Waals surface area (Å²) in [6.45, 7) is 5.63. The maximum Gasteiger partial charge on any atom is 0.399 e. The lowest BCUT2D eigenvalue weighted by atomic mass is 9.85. The molecule has 4 N–H and O–H groups in total. The molecule has 1 saturated heterocycles. The van der Waals surface area contributed by atoms with Crippen LogP contribution in [0.5, 0.6) is 0 Å². The van der Waals surface area contributed by atoms with Crippen molar-refractivity contribution in [2.75, 3.05) is 11.9 Å². The van der Waals surface area contributed by atoms with E-state index in [1.54, 1.807) is 39.1 Å². The van der Waals surface area contributed by atoms with Crippen LogP contribution >= 0.6 is 41.9 Å². The highest BCUT2D eigenvalue weighted by molar-refractivity contribution is 7.52. The number of halogens is 3. The fourth-order valence-electron chi connectivity index (χ4n) is 5.10. The molecule has 0 bridgehead atoms. The Morgan fingerprint density at radius 1 is 1.09 bits per heavy atom. The molecule has 1 aliphatic heterocycles. The largest absolute Gasteiger partial charge is 0.399 e. The fourth-order valence-corrected chi connectivity index (χ4v) is 7.47. The van der Waals surface area contributed by atoms with Crippen LogP contribution in [0.2, 0.25) is 5.02 Å². The maximum atomic E-state index is 14.3. The van der Waals surface area contributed by atoms with E-state index in [-0.39, 0.29) is 10.3 Å². The predicted molar refractivity (Wildman–Crippen MR) is 174 cm³/mol. The topological polar surface area (TPSA) is 149 Å². The number of thiophene rings is 1. The zero-order chi connectivity index (χ0) is 33.6. The van der Waals surface area contributed by atoms with Gasteiger partial charge in [-0.25, -0.2) is 4.98 Å². The second kappa shape index (κ2) is 12.7. The van der Waals surface area contributed by atoms with Crippen molar-refractivity contribution in [1.82, 2.24) is 15.2 Å². The SMILES string of the molecule is CC(C)(C)[C@H](NC(=O)c1cc2cc(C(F)(F)P(=O)(O)O)ccc2s1)C(=O)N1CCC[C@H]1C(=O)Nc1ncc(-c2ccc(Cl)cc2)s1. The van der Waals surface area contributed by atoms with Crippen LogP contribution in [0, 0.1) is 5.41 Å². The molecule has 2 aromatic heterocycles. The lowest BCUT2D eigenvalue weighted by molar-refractivity contribution is -0.140. The second-order valence-electron chi connectivity index (χ2n) is 11.9. The van der Waals surface area contributed by atoms with Crippen LogP contribution in [0.15, 0.2) is 54.7 Å². The van der Waals surface area contributed by atoms with Crippen LogP contribution in [-0.2, 0) is 19.8 Å². The highest BCUT2D eigenvalue weighted by Crippen LogP contribution is 2.59. The smallest absolute Gasteiger partial charge is 0.339 e. The summed E-state index contributed by atoms with van der Waals surface area (Å²) in [6, 6.07) is 9.83. The molecule has 10 nitrogen and oxygen atoms in total. The number of thiazole rings is 1. The number of nitrogens with zero attached hydrogens (tertiary/aromatic N) is 2. The summed E-state index contributed by atoms with van der Waals surface area (Å²) in [4.78, 5) is 65.6. The molecule has 3 heterocycles. The van der Waals surface area contributed by atoms with E-state index < -0.39 is 54.0 Å². The molecule has 0 aliphatic carbocycles. The molecule has 3 amide bonds. The molecular formula is C30H30ClF2N4O6PS2. The summed E-state index contributed by atoms with van der Waals surface area (Å²) in [5.74, 6) is -1.46. The van der Waals surface area contributed by atoms with Crippen LogP contribution < -0.4 is 10.6 Å². The first-order valence-electron chi connectivity index (χ1n) is 14.1. The molecule has 46 heavy (non-hydrogen) atoms. The van der Waals surface area contributed by atoms with Crippen molar-refractivity contribution in [2.24, 2.45) is 5.41 Å². The van der Waals surface area contributed by atoms with Crippen molar-refractivity contribution in [3.8, 4) is 10.4 Å². The number of alkyl halides is 2. The standard InChI is InChI=1S/C30H30ClF2N4O6PS2/c1-29(2,3)24(35-26(39)22-14-17-13-18(8-11-21(17)45-22)30(32,33)44(41,42)43)27(40)37-12-4-5-20(37)25(38)36-28-34-15-23(46-28)16-6-9-19(31)10-7-16/h6-11,13-15,20,24H,4-5,12H2,1-3H3,(H,35,39)(H,34,36,38)(H2,41,42,43)/t20-,24+/m0/s1. The van der Waals surface area contributed by atoms with Gasteiger partial charge in [-0.3, -0.25) is 18.9 Å². The highest BCUT2D eigenvalue weighted by atomic mass is 35.5. The molecule has 4 aromatic rings. The quantitative estimate of drug-likeness (QED) is 0.149. The van der Waals surface area contributed by atoms with Crippen molar-refractivity contribution < 1.29 is 37.5 Å². The molecule has 16 heteroatoms. The van der Waals surface area contributed by atoms with E-state index in [9.17, 15) is 27.7 Å². The van der Waals surface area contributed by atoms with Gasteiger partial charge < -0.3 is 25.3 Å². The normalized spacial score (nSPS) is 16.4. The van der Waals surface area contributed by atoms with Gasteiger partial charge in [0.1, 0.15) is 12.1 Å². The number of benzene rings is 2. The second-order valence-corrected chi connectivity index (χ2v) is 16.1. The van der Waals surface area contributed by atoms with Gasteiger partial charge in [0.2, 0.25) is 11.8 Å². The van der Waals surface area contributed by atoms with Crippen molar-refractivity contribution in [3.63, 3.8) is 0 Å². The molecule has 2 aromatic carbocycles. The Morgan fingerprint density at radius 3 is 2.43 bits per heavy atom. The van der Waals surface area contributed by atoms with Crippen LogP contribution in [0.25, 0.3) is 20.5 Å². The molecule has 0 spiro atoms. The van der Waals surface area contributed by atoms with Gasteiger partial charge >= 0.3 is 13.3 Å². The summed E-state index contributed by atoms with van der Waals surface area (Å²) in [7, 11) is -5.77. The number of carbonyl (C=O) groups is 3. The van der Waals surface area contributed by atoms with E-state index in [4.69, 9.17) is 21.4 Å². The average Bonchev–Trinajstić information content (AvgIpc) is 3.74. The maximum absolute atomic E-state index is 14.3. The van der Waals surface area contributed by atoms with Crippen molar-refractivity contribution >= 4 is 74.8 Å². The number of likely N-dealkylation sites (tertiary alicyclic amines) is 1. The van der Waals surface area contributed by atoms with Gasteiger partial charge in [-0.15, -0.1) is 11.3 Å². The lowest BCUT2D eigenvalue weighted by Gasteiger charge is -2.35. The number of hydrogen-bond donors (Lipinski definition) is 4. The van der Waals surface area contributed by atoms with E-state index in [1.807, 2.05) is 12.1 Å². The Balaban J connectivity index is 1.31. The van der Waals surface area contributed by atoms with Gasteiger partial charge in [0.15, 0.2) is 5.13 Å². The van der Waals surface area contributed by atoms with Gasteiger partial charge in [-0.05, 0) is 59.5 Å². The molecule has 0 saturated carbocycles. The zero-order valence-electron chi connectivity index (χ0n) is 24.8. The lowest BCUT2D eigenvalue weighted by Crippen LogP contribution is -2.57. The Kier molecular flexibility index (Phi) is 9.44. The van der Waals surface area contributed by atoms with E-state index >= 15 is 0 Å². The number of nitrogens with one attached hydrogen (secondary N) is 2. The van der Waals surface area contributed by atoms with Gasteiger partial charge in [0.25, 0.3) is 5.91 Å². The molecule has 2 atom stereocenters. The van der Waals surface area contributed by atoms with Crippen LogP contribution in [0.1, 0.15) is 48.8 Å². The Labute approximate surface area is 275 Å². The summed E-state index contributed by atoms with van der Waals surface area (Å²) < 4.78 is 40.3. The Bertz CT molecular complexity index is 1850. The number of aromatic nitrogens is 1.